The lowest BCUT2D eigenvalue weighted by molar-refractivity contribution is -0.122. The monoisotopic (exact) mass is 744 g/mol. The second-order valence-electron chi connectivity index (χ2n) is 13.0. The maximum absolute atomic E-state index is 15.4. The normalized spacial score (nSPS) is 18.1. The summed E-state index contributed by atoms with van der Waals surface area (Å²) in [6.07, 6.45) is -2.50. The topological polar surface area (TPSA) is 150 Å². The van der Waals surface area contributed by atoms with Crippen LogP contribution in [0.5, 0.6) is 0 Å². The largest absolute Gasteiger partial charge is 0.397 e. The van der Waals surface area contributed by atoms with E-state index in [-0.39, 0.29) is 40.3 Å². The van der Waals surface area contributed by atoms with Crippen LogP contribution in [0.1, 0.15) is 52.3 Å². The summed E-state index contributed by atoms with van der Waals surface area (Å²) in [5.41, 5.74) is 6.39. The van der Waals surface area contributed by atoms with E-state index in [0.717, 1.165) is 18.4 Å². The second-order valence-corrected chi connectivity index (χ2v) is 14.8. The van der Waals surface area contributed by atoms with Crippen LogP contribution in [0, 0.1) is 24.5 Å². The number of rotatable bonds is 10. The zero-order chi connectivity index (χ0) is 37.6. The van der Waals surface area contributed by atoms with E-state index in [2.05, 4.69) is 31.8 Å². The van der Waals surface area contributed by atoms with Crippen molar-refractivity contribution in [1.29, 1.82) is 0 Å². The predicted molar refractivity (Wildman–Crippen MR) is 179 cm³/mol. The highest BCUT2D eigenvalue weighted by Crippen LogP contribution is 2.71. The number of pyridine rings is 1. The molecule has 0 bridgehead atoms. The molecule has 7 rings (SSSR count). The highest BCUT2D eigenvalue weighted by Gasteiger charge is 2.70. The van der Waals surface area contributed by atoms with Crippen molar-refractivity contribution in [2.75, 3.05) is 16.7 Å². The Kier molecular flexibility index (Phi) is 8.15. The minimum atomic E-state index is -3.73. The fraction of sp³-hybridized carbons (Fsp3) is 0.294. The maximum atomic E-state index is 15.4. The number of hydrogen-bond donors (Lipinski definition) is 3. The van der Waals surface area contributed by atoms with Gasteiger partial charge in [0.2, 0.25) is 15.9 Å². The van der Waals surface area contributed by atoms with Gasteiger partial charge in [0.15, 0.2) is 5.82 Å². The Bertz CT molecular complexity index is 2420. The lowest BCUT2D eigenvalue weighted by Gasteiger charge is -2.24. The number of nitrogen functional groups attached to an aromatic ring is 1. The van der Waals surface area contributed by atoms with Gasteiger partial charge in [0, 0.05) is 41.1 Å². The van der Waals surface area contributed by atoms with E-state index in [9.17, 15) is 30.8 Å². The molecule has 11 nitrogen and oxygen atoms in total. The Balaban J connectivity index is 1.34. The Morgan fingerprint density at radius 3 is 2.42 bits per heavy atom. The third kappa shape index (κ3) is 5.93. The summed E-state index contributed by atoms with van der Waals surface area (Å²) >= 11 is 0. The number of benzene rings is 2. The van der Waals surface area contributed by atoms with Crippen LogP contribution in [-0.2, 0) is 40.8 Å². The van der Waals surface area contributed by atoms with Crippen molar-refractivity contribution in [3.63, 3.8) is 0 Å². The lowest BCUT2D eigenvalue weighted by atomic mass is 9.93. The van der Waals surface area contributed by atoms with E-state index in [1.165, 1.54) is 4.68 Å². The molecule has 3 atom stereocenters. The molecule has 5 aromatic rings. The number of sulfonamides is 1. The zero-order valence-electron chi connectivity index (χ0n) is 27.7. The first-order valence-electron chi connectivity index (χ1n) is 15.8. The number of aryl methyl sites for hydroxylation is 2. The van der Waals surface area contributed by atoms with Crippen molar-refractivity contribution in [3.8, 4) is 11.1 Å². The molecule has 0 spiro atoms. The molecule has 272 valence electrons. The highest BCUT2D eigenvalue weighted by atomic mass is 32.2. The van der Waals surface area contributed by atoms with Crippen LogP contribution in [0.25, 0.3) is 22.0 Å². The van der Waals surface area contributed by atoms with Gasteiger partial charge in [-0.3, -0.25) is 23.9 Å². The fourth-order valence-corrected chi connectivity index (χ4v) is 7.67. The van der Waals surface area contributed by atoms with Crippen LogP contribution in [0.3, 0.4) is 0 Å². The smallest absolute Gasteiger partial charge is 0.297 e. The van der Waals surface area contributed by atoms with Crippen LogP contribution in [0.15, 0.2) is 54.6 Å². The Labute approximate surface area is 292 Å². The summed E-state index contributed by atoms with van der Waals surface area (Å²) in [6.45, 7) is 4.27. The van der Waals surface area contributed by atoms with Gasteiger partial charge in [-0.25, -0.2) is 26.0 Å². The summed E-state index contributed by atoms with van der Waals surface area (Å²) < 4.78 is 116. The summed E-state index contributed by atoms with van der Waals surface area (Å²) in [4.78, 5) is 18.4. The molecule has 52 heavy (non-hydrogen) atoms. The average Bonchev–Trinajstić information content (AvgIpc) is 3.27. The zero-order valence-corrected chi connectivity index (χ0v) is 28.5. The van der Waals surface area contributed by atoms with Crippen LogP contribution in [0.4, 0.5) is 37.8 Å². The van der Waals surface area contributed by atoms with E-state index in [0.29, 0.717) is 38.5 Å². The SMILES string of the molecule is C=C1[C@@H]2c3c(C(F)F)nn(CC(=O)N[C@@H](Cc4cc(F)cc(F)c4)c4nc(C)c(N)cc4-c4cccc5c(NS(C)(=O)=O)nn(C)c45)c3C(F)(F)[C@H]12. The number of halogens is 6. The number of nitrogens with zero attached hydrogens (tertiary/aromatic N) is 5. The third-order valence-corrected chi connectivity index (χ3v) is 9.87. The third-order valence-electron chi connectivity index (χ3n) is 9.30. The van der Waals surface area contributed by atoms with Gasteiger partial charge in [0.1, 0.15) is 29.6 Å². The number of carbonyl (C=O) groups is 1. The highest BCUT2D eigenvalue weighted by molar-refractivity contribution is 7.92. The summed E-state index contributed by atoms with van der Waals surface area (Å²) in [6, 6.07) is 8.03. The number of aromatic nitrogens is 5. The average molecular weight is 745 g/mol. The van der Waals surface area contributed by atoms with E-state index in [1.807, 2.05) is 0 Å². The fourth-order valence-electron chi connectivity index (χ4n) is 7.17. The first kappa shape index (κ1) is 35.0. The van der Waals surface area contributed by atoms with E-state index in [1.54, 1.807) is 38.2 Å². The summed E-state index contributed by atoms with van der Waals surface area (Å²) in [5.74, 6) is -8.66. The summed E-state index contributed by atoms with van der Waals surface area (Å²) in [7, 11) is -2.16. The molecule has 4 N–H and O–H groups in total. The molecular formula is C34H30F6N8O3S. The standard InChI is InChI=1S/C34H30F6N8O3S/c1-14-25-26-29(32(37)38)44-48(31(26)34(39,40)27(14)25)13-24(49)43-23(10-16-8-17(35)11-18(36)9-16)28-21(12-22(41)15(2)42-28)19-6-5-7-20-30(19)47(3)45-33(20)46-52(4,50)51/h5-9,11-12,23,25,27,32H,1,10,13,41H2,2-4H3,(H,43,49)(H,45,46)/t23-,25+,27+/m0/s1. The molecule has 0 radical (unpaired) electrons. The molecule has 3 aromatic heterocycles. The molecule has 0 saturated heterocycles. The van der Waals surface area contributed by atoms with Crippen molar-refractivity contribution in [3.05, 3.63) is 100 Å². The van der Waals surface area contributed by atoms with Gasteiger partial charge in [-0.2, -0.15) is 19.0 Å². The Morgan fingerprint density at radius 1 is 1.08 bits per heavy atom. The van der Waals surface area contributed by atoms with Gasteiger partial charge in [-0.15, -0.1) is 0 Å². The van der Waals surface area contributed by atoms with Gasteiger partial charge >= 0.3 is 0 Å². The molecule has 3 heterocycles. The quantitative estimate of drug-likeness (QED) is 0.121. The molecule has 0 aliphatic heterocycles. The maximum Gasteiger partial charge on any atom is 0.297 e. The molecule has 2 aliphatic carbocycles. The number of nitrogens with two attached hydrogens (primary N) is 1. The van der Waals surface area contributed by atoms with Crippen molar-refractivity contribution in [1.82, 2.24) is 29.9 Å². The number of alkyl halides is 4. The second kappa shape index (κ2) is 12.1. The first-order chi connectivity index (χ1) is 24.4. The van der Waals surface area contributed by atoms with Crippen LogP contribution >= 0.6 is 0 Å². The van der Waals surface area contributed by atoms with Gasteiger partial charge in [0.05, 0.1) is 40.8 Å². The van der Waals surface area contributed by atoms with Crippen LogP contribution < -0.4 is 15.8 Å². The summed E-state index contributed by atoms with van der Waals surface area (Å²) in [5, 5.41) is 11.1. The molecule has 0 unspecified atom stereocenters. The lowest BCUT2D eigenvalue weighted by Crippen LogP contribution is -2.35. The van der Waals surface area contributed by atoms with E-state index < -0.39 is 75.7 Å². The molecule has 1 amide bonds. The van der Waals surface area contributed by atoms with Crippen molar-refractivity contribution >= 4 is 38.3 Å². The van der Waals surface area contributed by atoms with Crippen molar-refractivity contribution in [2.24, 2.45) is 13.0 Å². The minimum Gasteiger partial charge on any atom is -0.397 e. The van der Waals surface area contributed by atoms with Gasteiger partial charge in [-0.1, -0.05) is 24.3 Å². The Hall–Kier alpha value is -5.39. The Morgan fingerprint density at radius 2 is 1.77 bits per heavy atom. The number of para-hydroxylation sites is 1. The van der Waals surface area contributed by atoms with Gasteiger partial charge in [0.25, 0.3) is 12.3 Å². The number of carbonyl (C=O) groups excluding carboxylic acids is 1. The van der Waals surface area contributed by atoms with E-state index >= 15 is 8.78 Å². The number of fused-ring (bicyclic) bond motifs is 4. The van der Waals surface area contributed by atoms with Crippen molar-refractivity contribution < 1.29 is 39.6 Å². The number of hydrogen-bond acceptors (Lipinski definition) is 7. The van der Waals surface area contributed by atoms with Gasteiger partial charge in [-0.05, 0) is 43.2 Å². The predicted octanol–water partition coefficient (Wildman–Crippen LogP) is 5.78. The van der Waals surface area contributed by atoms with Crippen LogP contribution in [-0.4, -0.2) is 45.1 Å². The van der Waals surface area contributed by atoms with E-state index in [4.69, 9.17) is 5.73 Å². The molecule has 1 saturated carbocycles. The number of amides is 1. The number of anilines is 2. The van der Waals surface area contributed by atoms with Gasteiger partial charge < -0.3 is 11.1 Å². The molecule has 2 aliphatic rings. The number of nitrogens with one attached hydrogen (secondary N) is 2. The molecular weight excluding hydrogens is 714 g/mol. The molecule has 18 heteroatoms. The van der Waals surface area contributed by atoms with Crippen LogP contribution in [0.2, 0.25) is 0 Å². The first-order valence-corrected chi connectivity index (χ1v) is 17.7. The number of allylic oxidation sites excluding steroid dienone is 1. The molecule has 2 aromatic carbocycles. The van der Waals surface area contributed by atoms with Crippen molar-refractivity contribution in [2.45, 2.75) is 44.2 Å². The molecule has 1 fully saturated rings. The minimum absolute atomic E-state index is 0.0319.